The van der Waals surface area contributed by atoms with Crippen molar-refractivity contribution in [3.05, 3.63) is 53.3 Å². The lowest BCUT2D eigenvalue weighted by Gasteiger charge is -2.25. The fourth-order valence-corrected chi connectivity index (χ4v) is 3.91. The van der Waals surface area contributed by atoms with E-state index in [2.05, 4.69) is 28.6 Å². The molecule has 0 radical (unpaired) electrons. The third-order valence-corrected chi connectivity index (χ3v) is 5.39. The molecule has 1 aliphatic rings. The summed E-state index contributed by atoms with van der Waals surface area (Å²) in [6.07, 6.45) is 8.21. The van der Waals surface area contributed by atoms with Gasteiger partial charge in [0.15, 0.2) is 0 Å². The molecule has 1 heterocycles. The van der Waals surface area contributed by atoms with Gasteiger partial charge in [0.1, 0.15) is 5.69 Å². The lowest BCUT2D eigenvalue weighted by Crippen LogP contribution is -2.29. The Morgan fingerprint density at radius 1 is 1.15 bits per heavy atom. The third kappa shape index (κ3) is 5.21. The number of H-pyrrole nitrogens is 1. The van der Waals surface area contributed by atoms with E-state index in [4.69, 9.17) is 0 Å². The topological polar surface area (TPSA) is 56.9 Å². The molecule has 2 aromatic rings. The Labute approximate surface area is 156 Å². The van der Waals surface area contributed by atoms with Crippen molar-refractivity contribution < 1.29 is 4.79 Å². The number of anilines is 1. The molecule has 3 N–H and O–H groups in total. The molecule has 1 aromatic carbocycles. The number of nitrogens with one attached hydrogen (secondary N) is 3. The predicted molar refractivity (Wildman–Crippen MR) is 107 cm³/mol. The molecular weight excluding hydrogens is 322 g/mol. The molecule has 1 fully saturated rings. The van der Waals surface area contributed by atoms with E-state index in [9.17, 15) is 4.79 Å². The van der Waals surface area contributed by atoms with Crippen molar-refractivity contribution in [2.45, 2.75) is 65.0 Å². The van der Waals surface area contributed by atoms with Crippen molar-refractivity contribution in [2.24, 2.45) is 5.92 Å². The number of carbonyl (C=O) groups is 1. The maximum Gasteiger partial charge on any atom is 0.272 e. The Balaban J connectivity index is 1.55. The zero-order chi connectivity index (χ0) is 18.4. The number of para-hydroxylation sites is 1. The Bertz CT molecular complexity index is 716. The van der Waals surface area contributed by atoms with Gasteiger partial charge in [0, 0.05) is 24.0 Å². The summed E-state index contributed by atoms with van der Waals surface area (Å²) in [6, 6.07) is 12.3. The quantitative estimate of drug-likeness (QED) is 0.654. The summed E-state index contributed by atoms with van der Waals surface area (Å²) >= 11 is 0. The second-order valence-corrected chi connectivity index (χ2v) is 7.69. The molecule has 1 atom stereocenters. The molecule has 0 saturated heterocycles. The van der Waals surface area contributed by atoms with Crippen LogP contribution in [0.4, 0.5) is 5.69 Å². The largest absolute Gasteiger partial charge is 0.355 e. The molecule has 140 valence electrons. The van der Waals surface area contributed by atoms with Crippen LogP contribution in [-0.2, 0) is 6.54 Å². The summed E-state index contributed by atoms with van der Waals surface area (Å²) in [5, 5.41) is 6.68. The van der Waals surface area contributed by atoms with Crippen molar-refractivity contribution in [1.29, 1.82) is 0 Å². The zero-order valence-corrected chi connectivity index (χ0v) is 16.0. The van der Waals surface area contributed by atoms with Gasteiger partial charge < -0.3 is 15.6 Å². The van der Waals surface area contributed by atoms with E-state index >= 15 is 0 Å². The first-order valence-electron chi connectivity index (χ1n) is 9.90. The van der Waals surface area contributed by atoms with Crippen molar-refractivity contribution in [3.63, 3.8) is 0 Å². The van der Waals surface area contributed by atoms with Gasteiger partial charge in [-0.25, -0.2) is 0 Å². The van der Waals surface area contributed by atoms with Crippen molar-refractivity contribution in [2.75, 3.05) is 5.32 Å². The molecule has 3 rings (SSSR count). The van der Waals surface area contributed by atoms with Crippen LogP contribution in [0, 0.1) is 12.8 Å². The van der Waals surface area contributed by atoms with E-state index in [1.54, 1.807) is 0 Å². The number of hydrogen-bond donors (Lipinski definition) is 3. The number of aryl methyl sites for hydroxylation is 1. The summed E-state index contributed by atoms with van der Waals surface area (Å²) in [4.78, 5) is 15.5. The highest BCUT2D eigenvalue weighted by molar-refractivity contribution is 6.03. The molecule has 0 bridgehead atoms. The summed E-state index contributed by atoms with van der Waals surface area (Å²) in [7, 11) is 0. The summed E-state index contributed by atoms with van der Waals surface area (Å²) in [5.41, 5.74) is 3.58. The van der Waals surface area contributed by atoms with Crippen LogP contribution >= 0.6 is 0 Å². The lowest BCUT2D eigenvalue weighted by atomic mass is 9.85. The average molecular weight is 354 g/mol. The summed E-state index contributed by atoms with van der Waals surface area (Å²) < 4.78 is 0. The normalized spacial score (nSPS) is 16.4. The Kier molecular flexibility index (Phi) is 6.51. The fraction of sp³-hybridized carbons (Fsp3) is 0.500. The van der Waals surface area contributed by atoms with Crippen LogP contribution in [-0.4, -0.2) is 16.9 Å². The summed E-state index contributed by atoms with van der Waals surface area (Å²) in [5.74, 6) is 0.776. The van der Waals surface area contributed by atoms with E-state index in [0.717, 1.165) is 29.4 Å². The molecule has 0 spiro atoms. The summed E-state index contributed by atoms with van der Waals surface area (Å²) in [6.45, 7) is 4.99. The second kappa shape index (κ2) is 9.04. The number of aromatic nitrogens is 1. The highest BCUT2D eigenvalue weighted by atomic mass is 16.1. The monoisotopic (exact) mass is 353 g/mol. The van der Waals surface area contributed by atoms with Gasteiger partial charge in [-0.3, -0.25) is 4.79 Å². The lowest BCUT2D eigenvalue weighted by molar-refractivity contribution is 0.102. The first-order valence-corrected chi connectivity index (χ1v) is 9.90. The van der Waals surface area contributed by atoms with E-state index in [0.29, 0.717) is 11.7 Å². The van der Waals surface area contributed by atoms with Gasteiger partial charge in [0.25, 0.3) is 5.91 Å². The van der Waals surface area contributed by atoms with Crippen molar-refractivity contribution in [1.82, 2.24) is 10.3 Å². The maximum absolute atomic E-state index is 12.4. The van der Waals surface area contributed by atoms with Gasteiger partial charge in [-0.1, -0.05) is 50.3 Å². The van der Waals surface area contributed by atoms with Gasteiger partial charge >= 0.3 is 0 Å². The van der Waals surface area contributed by atoms with Crippen LogP contribution in [0.2, 0.25) is 0 Å². The van der Waals surface area contributed by atoms with Crippen molar-refractivity contribution >= 4 is 11.6 Å². The van der Waals surface area contributed by atoms with Crippen LogP contribution in [0.25, 0.3) is 0 Å². The van der Waals surface area contributed by atoms with Crippen LogP contribution in [0.3, 0.4) is 0 Å². The zero-order valence-electron chi connectivity index (χ0n) is 16.0. The molecule has 0 aliphatic heterocycles. The van der Waals surface area contributed by atoms with Crippen LogP contribution < -0.4 is 10.6 Å². The molecule has 1 amide bonds. The SMILES string of the molecule is Cc1ccc(C(=O)Nc2ccccc2CNC(C)CC2CCCCC2)[nH]1. The van der Waals surface area contributed by atoms with Gasteiger partial charge in [-0.15, -0.1) is 0 Å². The number of aromatic amines is 1. The second-order valence-electron chi connectivity index (χ2n) is 7.69. The highest BCUT2D eigenvalue weighted by Gasteiger charge is 2.17. The number of rotatable bonds is 7. The number of carbonyl (C=O) groups excluding carboxylic acids is 1. The van der Waals surface area contributed by atoms with Crippen LogP contribution in [0.15, 0.2) is 36.4 Å². The minimum absolute atomic E-state index is 0.0965. The van der Waals surface area contributed by atoms with Crippen LogP contribution in [0.5, 0.6) is 0 Å². The molecule has 1 aliphatic carbocycles. The molecule has 4 heteroatoms. The first-order chi connectivity index (χ1) is 12.6. The number of benzene rings is 1. The van der Waals surface area contributed by atoms with Gasteiger partial charge in [0.2, 0.25) is 0 Å². The Morgan fingerprint density at radius 3 is 2.65 bits per heavy atom. The third-order valence-electron chi connectivity index (χ3n) is 5.39. The molecule has 1 saturated carbocycles. The molecule has 1 aromatic heterocycles. The average Bonchev–Trinajstić information content (AvgIpc) is 3.08. The Morgan fingerprint density at radius 2 is 1.92 bits per heavy atom. The minimum Gasteiger partial charge on any atom is -0.355 e. The van der Waals surface area contributed by atoms with E-state index in [1.807, 2.05) is 37.3 Å². The Hall–Kier alpha value is -2.07. The number of amides is 1. The molecule has 4 nitrogen and oxygen atoms in total. The van der Waals surface area contributed by atoms with Crippen molar-refractivity contribution in [3.8, 4) is 0 Å². The van der Waals surface area contributed by atoms with Crippen LogP contribution in [0.1, 0.15) is 67.2 Å². The van der Waals surface area contributed by atoms with Gasteiger partial charge in [-0.05, 0) is 49.9 Å². The van der Waals surface area contributed by atoms with E-state index < -0.39 is 0 Å². The first kappa shape index (κ1) is 18.7. The standard InChI is InChI=1S/C22H31N3O/c1-16-12-13-21(24-16)22(26)25-20-11-7-6-10-19(20)15-23-17(2)14-18-8-4-3-5-9-18/h6-7,10-13,17-18,23-24H,3-5,8-9,14-15H2,1-2H3,(H,25,26). The van der Waals surface area contributed by atoms with Gasteiger partial charge in [-0.2, -0.15) is 0 Å². The number of hydrogen-bond acceptors (Lipinski definition) is 2. The molecular formula is C22H31N3O. The minimum atomic E-state index is -0.0965. The van der Waals surface area contributed by atoms with E-state index in [-0.39, 0.29) is 5.91 Å². The predicted octanol–water partition coefficient (Wildman–Crippen LogP) is 5.02. The molecule has 26 heavy (non-hydrogen) atoms. The molecule has 1 unspecified atom stereocenters. The van der Waals surface area contributed by atoms with E-state index in [1.165, 1.54) is 38.5 Å². The fourth-order valence-electron chi connectivity index (χ4n) is 3.91. The highest BCUT2D eigenvalue weighted by Crippen LogP contribution is 2.27. The maximum atomic E-state index is 12.4. The smallest absolute Gasteiger partial charge is 0.272 e. The van der Waals surface area contributed by atoms with Gasteiger partial charge in [0.05, 0.1) is 0 Å².